The maximum absolute atomic E-state index is 12.7. The first kappa shape index (κ1) is 48.0. The number of hydrogen-bond donors (Lipinski definition) is 9. The molecule has 22 heteroatoms. The minimum atomic E-state index is -4.79. The zero-order chi connectivity index (χ0) is 47.2. The van der Waals surface area contributed by atoms with Gasteiger partial charge in [-0.15, -0.1) is 0 Å². The van der Waals surface area contributed by atoms with E-state index in [9.17, 15) is 53.2 Å². The van der Waals surface area contributed by atoms with Crippen LogP contribution in [0.15, 0.2) is 95.9 Å². The molecule has 0 aliphatic rings. The van der Waals surface area contributed by atoms with Crippen LogP contribution in [-0.4, -0.2) is 138 Å². The van der Waals surface area contributed by atoms with Gasteiger partial charge in [-0.1, -0.05) is 60.7 Å². The predicted octanol–water partition coefficient (Wildman–Crippen LogP) is 3.12. The Morgan fingerprint density at radius 2 is 1.12 bits per heavy atom. The van der Waals surface area contributed by atoms with Gasteiger partial charge in [0.25, 0.3) is 10.1 Å². The molecule has 0 fully saturated rings. The molecule has 6 rings (SSSR count). The van der Waals surface area contributed by atoms with Crippen molar-refractivity contribution in [1.29, 1.82) is 0 Å². The van der Waals surface area contributed by atoms with Crippen LogP contribution in [-0.2, 0) is 23.0 Å². The van der Waals surface area contributed by atoms with Gasteiger partial charge in [-0.2, -0.15) is 38.3 Å². The lowest BCUT2D eigenvalue weighted by Gasteiger charge is -2.21. The molecule has 0 aliphatic carbocycles. The SMILES string of the molecule is O=C(O)c1ccc(Cc2nc(Nc3ccc(/C=C/c4ccc(Nc5nc(Cc6ccccc6C(=O)O)nc(N(CCO)CCO)n5)cc4S(=O)(=O)O)cc3)nc(N(CCO)CCO)n2)cc1. The van der Waals surface area contributed by atoms with Crippen molar-refractivity contribution in [3.63, 3.8) is 0 Å². The van der Waals surface area contributed by atoms with Gasteiger partial charge in [0.1, 0.15) is 16.5 Å². The number of carboxylic acid groups (broad SMARTS) is 2. The Kier molecular flexibility index (Phi) is 16.3. The summed E-state index contributed by atoms with van der Waals surface area (Å²) >= 11 is 0. The smallest absolute Gasteiger partial charge is 0.335 e. The van der Waals surface area contributed by atoms with Crippen molar-refractivity contribution in [2.45, 2.75) is 17.7 Å². The lowest BCUT2D eigenvalue weighted by Crippen LogP contribution is -2.32. The third-order valence-corrected chi connectivity index (χ3v) is 10.6. The first-order chi connectivity index (χ1) is 31.8. The molecule has 0 saturated carbocycles. The fourth-order valence-corrected chi connectivity index (χ4v) is 7.28. The van der Waals surface area contributed by atoms with E-state index in [2.05, 4.69) is 40.5 Å². The molecule has 0 radical (unpaired) electrons. The second-order valence-corrected chi connectivity index (χ2v) is 15.8. The normalized spacial score (nSPS) is 11.4. The molecular weight excluding hydrogens is 877 g/mol. The average molecular weight is 923 g/mol. The molecule has 2 heterocycles. The second-order valence-electron chi connectivity index (χ2n) is 14.4. The van der Waals surface area contributed by atoms with Crippen LogP contribution >= 0.6 is 0 Å². The maximum Gasteiger partial charge on any atom is 0.335 e. The minimum absolute atomic E-state index is 0.0288. The van der Waals surface area contributed by atoms with E-state index >= 15 is 0 Å². The summed E-state index contributed by atoms with van der Waals surface area (Å²) < 4.78 is 35.7. The number of hydrogen-bond acceptors (Lipinski definition) is 18. The summed E-state index contributed by atoms with van der Waals surface area (Å²) in [5.74, 6) is -1.37. The zero-order valence-electron chi connectivity index (χ0n) is 35.1. The highest BCUT2D eigenvalue weighted by Crippen LogP contribution is 2.27. The van der Waals surface area contributed by atoms with Crippen LogP contribution in [0.1, 0.15) is 54.6 Å². The summed E-state index contributed by atoms with van der Waals surface area (Å²) in [6.45, 7) is -0.654. The Balaban J connectivity index is 1.23. The molecule has 2 aromatic heterocycles. The molecule has 21 nitrogen and oxygen atoms in total. The van der Waals surface area contributed by atoms with Crippen LogP contribution in [0.5, 0.6) is 0 Å². The van der Waals surface area contributed by atoms with Crippen molar-refractivity contribution >= 4 is 69.4 Å². The minimum Gasteiger partial charge on any atom is -0.478 e. The number of rotatable bonds is 23. The summed E-state index contributed by atoms with van der Waals surface area (Å²) in [4.78, 5) is 52.8. The van der Waals surface area contributed by atoms with Crippen LogP contribution < -0.4 is 20.4 Å². The Labute approximate surface area is 378 Å². The highest BCUT2D eigenvalue weighted by atomic mass is 32.2. The summed E-state index contributed by atoms with van der Waals surface area (Å²) in [6, 6.07) is 23.7. The number of aliphatic hydroxyl groups is 4. The largest absolute Gasteiger partial charge is 0.478 e. The van der Waals surface area contributed by atoms with Crippen molar-refractivity contribution in [3.8, 4) is 0 Å². The Hall–Kier alpha value is -7.47. The summed E-state index contributed by atoms with van der Waals surface area (Å²) in [6.07, 6.45) is 3.33. The zero-order valence-corrected chi connectivity index (χ0v) is 36.0. The molecular formula is C44H46N10O11S. The molecule has 344 valence electrons. The third-order valence-electron chi connectivity index (χ3n) is 9.71. The van der Waals surface area contributed by atoms with Crippen LogP contribution in [0.25, 0.3) is 12.2 Å². The molecule has 0 saturated heterocycles. The molecule has 0 bridgehead atoms. The fourth-order valence-electron chi connectivity index (χ4n) is 6.57. The lowest BCUT2D eigenvalue weighted by atomic mass is 10.0. The van der Waals surface area contributed by atoms with Crippen molar-refractivity contribution in [2.24, 2.45) is 0 Å². The monoisotopic (exact) mass is 922 g/mol. The van der Waals surface area contributed by atoms with E-state index in [-0.39, 0.29) is 117 Å². The molecule has 66 heavy (non-hydrogen) atoms. The van der Waals surface area contributed by atoms with Crippen LogP contribution in [0.2, 0.25) is 0 Å². The van der Waals surface area contributed by atoms with Gasteiger partial charge >= 0.3 is 11.9 Å². The Bertz CT molecular complexity index is 2770. The lowest BCUT2D eigenvalue weighted by molar-refractivity contribution is 0.0685. The van der Waals surface area contributed by atoms with Gasteiger partial charge in [-0.05, 0) is 64.7 Å². The number of anilines is 6. The Morgan fingerprint density at radius 1 is 0.591 bits per heavy atom. The van der Waals surface area contributed by atoms with Crippen molar-refractivity contribution in [2.75, 3.05) is 73.0 Å². The standard InChI is InChI=1S/C44H46N10O11S/c55-21-17-53(18-22-56)43-49-37(25-29-6-11-31(12-7-29)39(59)60)47-41(51-43)45-33-14-8-28(9-15-33)5-10-30-13-16-34(27-36(30)66(63,64)65)46-42-48-38(26-32-3-1-2-4-35(32)40(61)62)50-44(52-42)54(19-23-57)20-24-58/h1-16,27,55-58H,17-26H2,(H,59,60)(H,61,62)(H,63,64,65)(H,45,47,49,51)(H,46,48,50,52)/b10-5+. The van der Waals surface area contributed by atoms with Crippen LogP contribution in [0.3, 0.4) is 0 Å². The first-order valence-corrected chi connectivity index (χ1v) is 21.7. The topological polar surface area (TPSA) is 318 Å². The number of aliphatic hydroxyl groups excluding tert-OH is 4. The van der Waals surface area contributed by atoms with E-state index in [0.29, 0.717) is 22.6 Å². The van der Waals surface area contributed by atoms with E-state index in [1.54, 1.807) is 65.6 Å². The molecule has 9 N–H and O–H groups in total. The summed E-state index contributed by atoms with van der Waals surface area (Å²) in [7, 11) is -4.79. The van der Waals surface area contributed by atoms with E-state index in [0.717, 1.165) is 5.56 Å². The van der Waals surface area contributed by atoms with Crippen molar-refractivity contribution in [3.05, 3.63) is 136 Å². The van der Waals surface area contributed by atoms with E-state index < -0.39 is 27.0 Å². The summed E-state index contributed by atoms with van der Waals surface area (Å²) in [5.41, 5.74) is 2.83. The fraction of sp³-hybridized carbons (Fsp3) is 0.227. The van der Waals surface area contributed by atoms with Gasteiger partial charge in [0.15, 0.2) is 0 Å². The number of benzene rings is 4. The number of carbonyl (C=O) groups is 2. The second kappa shape index (κ2) is 22.4. The number of aromatic nitrogens is 6. The highest BCUT2D eigenvalue weighted by Gasteiger charge is 2.20. The van der Waals surface area contributed by atoms with Crippen molar-refractivity contribution in [1.82, 2.24) is 29.9 Å². The Morgan fingerprint density at radius 3 is 1.65 bits per heavy atom. The van der Waals surface area contributed by atoms with Gasteiger partial charge in [0, 0.05) is 50.4 Å². The number of nitrogens with one attached hydrogen (secondary N) is 2. The summed E-state index contributed by atoms with van der Waals surface area (Å²) in [5, 5.41) is 63.7. The first-order valence-electron chi connectivity index (χ1n) is 20.3. The third kappa shape index (κ3) is 13.1. The molecule has 0 spiro atoms. The number of carboxylic acids is 2. The molecule has 6 aromatic rings. The van der Waals surface area contributed by atoms with Crippen LogP contribution in [0.4, 0.5) is 35.2 Å². The van der Waals surface area contributed by atoms with Gasteiger partial charge in [0.2, 0.25) is 23.8 Å². The highest BCUT2D eigenvalue weighted by molar-refractivity contribution is 7.86. The van der Waals surface area contributed by atoms with E-state index in [1.807, 2.05) is 0 Å². The quantitative estimate of drug-likeness (QED) is 0.0329. The molecule has 4 aromatic carbocycles. The maximum atomic E-state index is 12.7. The van der Waals surface area contributed by atoms with Crippen molar-refractivity contribution < 1.29 is 53.2 Å². The predicted molar refractivity (Wildman–Crippen MR) is 243 cm³/mol. The average Bonchev–Trinajstić information content (AvgIpc) is 3.28. The van der Waals surface area contributed by atoms with Gasteiger partial charge in [-0.25, -0.2) is 9.59 Å². The molecule has 0 atom stereocenters. The van der Waals surface area contributed by atoms with Gasteiger partial charge in [-0.3, -0.25) is 4.55 Å². The molecule has 0 unspecified atom stereocenters. The molecule has 0 amide bonds. The van der Waals surface area contributed by atoms with Gasteiger partial charge in [0.05, 0.1) is 37.6 Å². The van der Waals surface area contributed by atoms with Crippen LogP contribution in [0, 0.1) is 0 Å². The van der Waals surface area contributed by atoms with Gasteiger partial charge < -0.3 is 51.1 Å². The van der Waals surface area contributed by atoms with E-state index in [1.165, 1.54) is 47.4 Å². The number of aromatic carboxylic acids is 2. The molecule has 0 aliphatic heterocycles. The van der Waals surface area contributed by atoms with E-state index in [4.69, 9.17) is 0 Å². The number of nitrogens with zero attached hydrogens (tertiary/aromatic N) is 8.